The molecule has 4 fully saturated rings. The van der Waals surface area contributed by atoms with Crippen LogP contribution in [-0.4, -0.2) is 66.9 Å². The van der Waals surface area contributed by atoms with E-state index in [0.29, 0.717) is 25.7 Å². The van der Waals surface area contributed by atoms with Crippen molar-refractivity contribution in [3.05, 3.63) is 0 Å². The van der Waals surface area contributed by atoms with Crippen LogP contribution in [0.25, 0.3) is 0 Å². The first-order valence-electron chi connectivity index (χ1n) is 15.3. The van der Waals surface area contributed by atoms with E-state index in [0.717, 1.165) is 25.7 Å². The number of carboxylic acid groups (broad SMARTS) is 1. The average Bonchev–Trinajstić information content (AvgIpc) is 3.30. The Morgan fingerprint density at radius 3 is 2.12 bits per heavy atom. The van der Waals surface area contributed by atoms with Crippen molar-refractivity contribution in [1.82, 2.24) is 0 Å². The zero-order chi connectivity index (χ0) is 30.1. The standard InChI is InChI=1S/C30H49N3O8/c1-16(4-7-24(34)35)19-5-6-20-28-21(12-23(30(19,20)3)41-27(38)15-33)29(2)9-8-18(39-25(36)13-31)10-17(29)11-22(28)40-26(37)14-32/h16-23,28H,4-15,31-33H2,1-3H3,(H,34,35)/t16?,17?,18-,19?,20+,21+,22-,23+,28+,29+,30-/m1/s1. The van der Waals surface area contributed by atoms with Gasteiger partial charge in [-0.3, -0.25) is 19.2 Å². The summed E-state index contributed by atoms with van der Waals surface area (Å²) in [7, 11) is 0. The van der Waals surface area contributed by atoms with Crippen molar-refractivity contribution in [3.63, 3.8) is 0 Å². The molecule has 4 aliphatic rings. The van der Waals surface area contributed by atoms with E-state index >= 15 is 0 Å². The van der Waals surface area contributed by atoms with Crippen LogP contribution in [0, 0.1) is 46.3 Å². The van der Waals surface area contributed by atoms with E-state index in [9.17, 15) is 24.3 Å². The number of carboxylic acids is 1. The minimum atomic E-state index is -0.820. The fraction of sp³-hybridized carbons (Fsp3) is 0.867. The van der Waals surface area contributed by atoms with Crippen molar-refractivity contribution in [2.75, 3.05) is 19.6 Å². The number of fused-ring (bicyclic) bond motifs is 5. The second-order valence-electron chi connectivity index (χ2n) is 13.4. The molecule has 0 spiro atoms. The van der Waals surface area contributed by atoms with Gasteiger partial charge in [0.05, 0.1) is 19.6 Å². The number of hydrogen-bond acceptors (Lipinski definition) is 10. The van der Waals surface area contributed by atoms with E-state index in [-0.39, 0.29) is 85.3 Å². The van der Waals surface area contributed by atoms with E-state index in [4.69, 9.17) is 31.4 Å². The van der Waals surface area contributed by atoms with Crippen LogP contribution in [0.3, 0.4) is 0 Å². The third-order valence-corrected chi connectivity index (χ3v) is 11.6. The number of esters is 3. The second kappa shape index (κ2) is 12.6. The van der Waals surface area contributed by atoms with E-state index in [1.54, 1.807) is 0 Å². The van der Waals surface area contributed by atoms with Crippen molar-refractivity contribution in [1.29, 1.82) is 0 Å². The van der Waals surface area contributed by atoms with E-state index in [1.807, 2.05) is 0 Å². The Kier molecular flexibility index (Phi) is 9.70. The summed E-state index contributed by atoms with van der Waals surface area (Å²) in [5.74, 6) is -1.49. The molecule has 7 N–H and O–H groups in total. The van der Waals surface area contributed by atoms with Gasteiger partial charge in [0.15, 0.2) is 0 Å². The number of aliphatic carboxylic acids is 1. The van der Waals surface area contributed by atoms with Crippen molar-refractivity contribution >= 4 is 23.9 Å². The highest BCUT2D eigenvalue weighted by molar-refractivity contribution is 5.72. The number of carbonyl (C=O) groups is 4. The van der Waals surface area contributed by atoms with Crippen LogP contribution in [0.2, 0.25) is 0 Å². The average molecular weight is 580 g/mol. The van der Waals surface area contributed by atoms with Gasteiger partial charge in [0.25, 0.3) is 0 Å². The zero-order valence-electron chi connectivity index (χ0n) is 24.7. The van der Waals surface area contributed by atoms with E-state index in [1.165, 1.54) is 0 Å². The summed E-state index contributed by atoms with van der Waals surface area (Å²) in [6.07, 6.45) is 4.89. The lowest BCUT2D eigenvalue weighted by atomic mass is 9.43. The van der Waals surface area contributed by atoms with Crippen LogP contribution < -0.4 is 17.2 Å². The Morgan fingerprint density at radius 1 is 0.854 bits per heavy atom. The highest BCUT2D eigenvalue weighted by atomic mass is 16.6. The van der Waals surface area contributed by atoms with Gasteiger partial charge in [0.1, 0.15) is 18.3 Å². The third-order valence-electron chi connectivity index (χ3n) is 11.6. The maximum Gasteiger partial charge on any atom is 0.319 e. The van der Waals surface area contributed by atoms with Crippen LogP contribution in [0.5, 0.6) is 0 Å². The summed E-state index contributed by atoms with van der Waals surface area (Å²) >= 11 is 0. The quantitative estimate of drug-likeness (QED) is 0.218. The Hall–Kier alpha value is -2.24. The monoisotopic (exact) mass is 579 g/mol. The van der Waals surface area contributed by atoms with Gasteiger partial charge in [-0.15, -0.1) is 0 Å². The van der Waals surface area contributed by atoms with Gasteiger partial charge >= 0.3 is 23.9 Å². The van der Waals surface area contributed by atoms with Gasteiger partial charge in [0.2, 0.25) is 0 Å². The molecule has 41 heavy (non-hydrogen) atoms. The van der Waals surface area contributed by atoms with Gasteiger partial charge < -0.3 is 36.5 Å². The predicted molar refractivity (Wildman–Crippen MR) is 149 cm³/mol. The summed E-state index contributed by atoms with van der Waals surface area (Å²) in [5.41, 5.74) is 16.3. The molecular formula is C30H49N3O8. The number of rotatable bonds is 10. The Morgan fingerprint density at radius 2 is 1.49 bits per heavy atom. The lowest BCUT2D eigenvalue weighted by Crippen LogP contribution is -2.63. The molecule has 4 aliphatic carbocycles. The summed E-state index contributed by atoms with van der Waals surface area (Å²) in [4.78, 5) is 48.7. The number of ether oxygens (including phenoxy) is 3. The maximum absolute atomic E-state index is 12.7. The fourth-order valence-corrected chi connectivity index (χ4v) is 9.68. The summed E-state index contributed by atoms with van der Waals surface area (Å²) in [6.45, 7) is 6.00. The molecule has 4 saturated carbocycles. The normalized spacial score (nSPS) is 40.3. The first-order valence-corrected chi connectivity index (χ1v) is 15.3. The summed E-state index contributed by atoms with van der Waals surface area (Å²) in [5, 5.41) is 9.34. The van der Waals surface area contributed by atoms with Gasteiger partial charge in [-0.2, -0.15) is 0 Å². The largest absolute Gasteiger partial charge is 0.481 e. The molecule has 3 unspecified atom stereocenters. The molecule has 232 valence electrons. The van der Waals surface area contributed by atoms with Crippen LogP contribution in [0.1, 0.15) is 78.6 Å². The number of nitrogens with two attached hydrogens (primary N) is 3. The smallest absolute Gasteiger partial charge is 0.319 e. The Bertz CT molecular complexity index is 1010. The van der Waals surface area contributed by atoms with Crippen molar-refractivity contribution in [2.45, 2.75) is 96.9 Å². The lowest BCUT2D eigenvalue weighted by molar-refractivity contribution is -0.225. The molecule has 11 atom stereocenters. The van der Waals surface area contributed by atoms with Crippen LogP contribution in [0.4, 0.5) is 0 Å². The molecule has 0 aromatic rings. The minimum absolute atomic E-state index is 0.0457. The first-order chi connectivity index (χ1) is 19.4. The Labute approximate surface area is 242 Å². The van der Waals surface area contributed by atoms with E-state index in [2.05, 4.69) is 20.8 Å². The van der Waals surface area contributed by atoms with Gasteiger partial charge in [-0.05, 0) is 86.4 Å². The number of hydrogen-bond donors (Lipinski definition) is 4. The molecule has 0 aliphatic heterocycles. The van der Waals surface area contributed by atoms with Gasteiger partial charge in [-0.1, -0.05) is 20.8 Å². The molecule has 0 bridgehead atoms. The second-order valence-corrected chi connectivity index (χ2v) is 13.4. The fourth-order valence-electron chi connectivity index (χ4n) is 9.68. The topological polar surface area (TPSA) is 194 Å². The Balaban J connectivity index is 1.72. The molecule has 11 heteroatoms. The molecule has 4 rings (SSSR count). The maximum atomic E-state index is 12.7. The van der Waals surface area contributed by atoms with Crippen molar-refractivity contribution in [3.8, 4) is 0 Å². The van der Waals surface area contributed by atoms with Crippen molar-refractivity contribution < 1.29 is 38.5 Å². The molecule has 0 amide bonds. The zero-order valence-corrected chi connectivity index (χ0v) is 24.7. The molecule has 0 saturated heterocycles. The van der Waals surface area contributed by atoms with Gasteiger partial charge in [-0.25, -0.2) is 0 Å². The first kappa shape index (κ1) is 31.7. The van der Waals surface area contributed by atoms with Crippen LogP contribution in [-0.2, 0) is 33.4 Å². The van der Waals surface area contributed by atoms with Crippen LogP contribution >= 0.6 is 0 Å². The van der Waals surface area contributed by atoms with Crippen LogP contribution in [0.15, 0.2) is 0 Å². The SMILES string of the molecule is CC(CCC(=O)O)C1CC[C@H]2[C@@H]3[C@H](OC(=O)CN)CC4C[C@H](OC(=O)CN)CC[C@]4(C)[C@H]3C[C@H](OC(=O)CN)[C@]12C. The molecule has 0 aromatic carbocycles. The van der Waals surface area contributed by atoms with E-state index < -0.39 is 29.3 Å². The predicted octanol–water partition coefficient (Wildman–Crippen LogP) is 1.98. The molecule has 11 nitrogen and oxygen atoms in total. The molecule has 0 aromatic heterocycles. The third kappa shape index (κ3) is 5.99. The minimum Gasteiger partial charge on any atom is -0.481 e. The number of carbonyl (C=O) groups excluding carboxylic acids is 3. The molecule has 0 radical (unpaired) electrons. The van der Waals surface area contributed by atoms with Crippen molar-refractivity contribution in [2.24, 2.45) is 63.5 Å². The highest BCUT2D eigenvalue weighted by Gasteiger charge is 2.67. The summed E-state index contributed by atoms with van der Waals surface area (Å²) in [6, 6.07) is 0. The highest BCUT2D eigenvalue weighted by Crippen LogP contribution is 2.69. The summed E-state index contributed by atoms with van der Waals surface area (Å²) < 4.78 is 17.9. The van der Waals surface area contributed by atoms with Gasteiger partial charge in [0, 0.05) is 17.8 Å². The lowest BCUT2D eigenvalue weighted by Gasteiger charge is -2.64. The molecular weight excluding hydrogens is 530 g/mol. The molecule has 0 heterocycles.